The van der Waals surface area contributed by atoms with E-state index >= 15 is 0 Å². The lowest BCUT2D eigenvalue weighted by atomic mass is 10.0. The van der Waals surface area contributed by atoms with E-state index in [1.165, 1.54) is 0 Å². The second-order valence-corrected chi connectivity index (χ2v) is 9.20. The number of hydrogen-bond acceptors (Lipinski definition) is 5. The van der Waals surface area contributed by atoms with Crippen LogP contribution >= 0.6 is 0 Å². The van der Waals surface area contributed by atoms with E-state index in [9.17, 15) is 14.4 Å². The Bertz CT molecular complexity index is 579. The minimum absolute atomic E-state index is 0.148. The van der Waals surface area contributed by atoms with Crippen molar-refractivity contribution in [2.75, 3.05) is 6.61 Å². The Kier molecular flexibility index (Phi) is 14.7. The number of alkyl carbamates (subject to hydrolysis) is 1. The molecule has 0 heterocycles. The Morgan fingerprint density at radius 3 is 2.23 bits per heavy atom. The molecule has 2 amide bonds. The van der Waals surface area contributed by atoms with Gasteiger partial charge in [0.1, 0.15) is 11.6 Å². The van der Waals surface area contributed by atoms with E-state index in [0.29, 0.717) is 19.4 Å². The second kappa shape index (κ2) is 15.7. The SMILES string of the molecule is CCC/C(=C/CCCCCC(=O)OCC)NC(=O)[C@H](CC(C)C)NC(=O)OC(C)(C)C. The van der Waals surface area contributed by atoms with Gasteiger partial charge in [-0.3, -0.25) is 9.59 Å². The maximum absolute atomic E-state index is 12.9. The number of nitrogens with one attached hydrogen (secondary N) is 2. The van der Waals surface area contributed by atoms with Crippen LogP contribution in [0, 0.1) is 5.92 Å². The van der Waals surface area contributed by atoms with Gasteiger partial charge in [0.25, 0.3) is 0 Å². The Labute approximate surface area is 188 Å². The lowest BCUT2D eigenvalue weighted by molar-refractivity contribution is -0.143. The third-order valence-corrected chi connectivity index (χ3v) is 4.30. The molecule has 2 N–H and O–H groups in total. The Morgan fingerprint density at radius 2 is 1.68 bits per heavy atom. The van der Waals surface area contributed by atoms with E-state index in [4.69, 9.17) is 9.47 Å². The van der Waals surface area contributed by atoms with Crippen molar-refractivity contribution >= 4 is 18.0 Å². The summed E-state index contributed by atoms with van der Waals surface area (Å²) in [6, 6.07) is -0.653. The molecule has 7 heteroatoms. The number of allylic oxidation sites excluding steroid dienone is 2. The molecule has 0 aliphatic heterocycles. The quantitative estimate of drug-likeness (QED) is 0.285. The molecule has 0 aromatic carbocycles. The molecule has 0 saturated carbocycles. The zero-order chi connectivity index (χ0) is 23.9. The van der Waals surface area contributed by atoms with Crippen LogP contribution in [0.15, 0.2) is 11.8 Å². The molecule has 0 saturated heterocycles. The molecule has 1 atom stereocenters. The summed E-state index contributed by atoms with van der Waals surface area (Å²) in [5, 5.41) is 5.71. The first-order chi connectivity index (χ1) is 14.5. The summed E-state index contributed by atoms with van der Waals surface area (Å²) in [7, 11) is 0. The van der Waals surface area contributed by atoms with Crippen LogP contribution in [0.1, 0.15) is 99.8 Å². The maximum atomic E-state index is 12.9. The van der Waals surface area contributed by atoms with Crippen molar-refractivity contribution in [2.45, 2.75) is 111 Å². The van der Waals surface area contributed by atoms with E-state index in [2.05, 4.69) is 17.6 Å². The van der Waals surface area contributed by atoms with Gasteiger partial charge < -0.3 is 20.1 Å². The smallest absolute Gasteiger partial charge is 0.408 e. The summed E-state index contributed by atoms with van der Waals surface area (Å²) in [4.78, 5) is 36.4. The zero-order valence-electron chi connectivity index (χ0n) is 20.6. The monoisotopic (exact) mass is 440 g/mol. The summed E-state index contributed by atoms with van der Waals surface area (Å²) in [5.41, 5.74) is 0.251. The highest BCUT2D eigenvalue weighted by atomic mass is 16.6. The van der Waals surface area contributed by atoms with Crippen molar-refractivity contribution in [3.05, 3.63) is 11.8 Å². The van der Waals surface area contributed by atoms with Crippen LogP contribution < -0.4 is 10.6 Å². The molecule has 180 valence electrons. The molecule has 0 bridgehead atoms. The number of esters is 1. The van der Waals surface area contributed by atoms with Gasteiger partial charge in [-0.05, 0) is 65.7 Å². The third kappa shape index (κ3) is 16.3. The molecule has 0 fully saturated rings. The average Bonchev–Trinajstić information content (AvgIpc) is 2.62. The zero-order valence-corrected chi connectivity index (χ0v) is 20.6. The van der Waals surface area contributed by atoms with Crippen molar-refractivity contribution in [3.63, 3.8) is 0 Å². The molecule has 0 aromatic heterocycles. The summed E-state index contributed by atoms with van der Waals surface area (Å²) >= 11 is 0. The van der Waals surface area contributed by atoms with Gasteiger partial charge in [-0.25, -0.2) is 4.79 Å². The van der Waals surface area contributed by atoms with Gasteiger partial charge in [0, 0.05) is 12.1 Å². The van der Waals surface area contributed by atoms with E-state index in [1.807, 2.05) is 19.9 Å². The molecule has 31 heavy (non-hydrogen) atoms. The number of carbonyl (C=O) groups excluding carboxylic acids is 3. The molecular formula is C24H44N2O5. The van der Waals surface area contributed by atoms with Crippen molar-refractivity contribution in [1.82, 2.24) is 10.6 Å². The first-order valence-corrected chi connectivity index (χ1v) is 11.6. The van der Waals surface area contributed by atoms with E-state index < -0.39 is 17.7 Å². The largest absolute Gasteiger partial charge is 0.466 e. The van der Waals surface area contributed by atoms with E-state index in [0.717, 1.165) is 44.2 Å². The summed E-state index contributed by atoms with van der Waals surface area (Å²) in [5.74, 6) is -0.129. The van der Waals surface area contributed by atoms with Gasteiger partial charge >= 0.3 is 12.1 Å². The number of unbranched alkanes of at least 4 members (excludes halogenated alkanes) is 3. The molecule has 0 radical (unpaired) electrons. The highest BCUT2D eigenvalue weighted by molar-refractivity contribution is 5.86. The number of carbonyl (C=O) groups is 3. The first kappa shape index (κ1) is 28.9. The molecule has 7 nitrogen and oxygen atoms in total. The Morgan fingerprint density at radius 1 is 1.00 bits per heavy atom. The number of hydrogen-bond donors (Lipinski definition) is 2. The normalized spacial score (nSPS) is 13.0. The molecule has 0 aromatic rings. The van der Waals surface area contributed by atoms with Crippen molar-refractivity contribution in [3.8, 4) is 0 Å². The van der Waals surface area contributed by atoms with Crippen molar-refractivity contribution in [2.24, 2.45) is 5.92 Å². The van der Waals surface area contributed by atoms with Crippen molar-refractivity contribution < 1.29 is 23.9 Å². The van der Waals surface area contributed by atoms with Crippen LogP contribution in [0.5, 0.6) is 0 Å². The highest BCUT2D eigenvalue weighted by Gasteiger charge is 2.25. The summed E-state index contributed by atoms with van der Waals surface area (Å²) in [6.45, 7) is 13.7. The number of amides is 2. The van der Waals surface area contributed by atoms with Crippen LogP contribution in [0.4, 0.5) is 4.79 Å². The van der Waals surface area contributed by atoms with E-state index in [-0.39, 0.29) is 17.8 Å². The molecule has 0 unspecified atom stereocenters. The Hall–Kier alpha value is -2.05. The molecule has 0 spiro atoms. The molecule has 0 aliphatic carbocycles. The maximum Gasteiger partial charge on any atom is 0.408 e. The molecule has 0 aliphatic rings. The third-order valence-electron chi connectivity index (χ3n) is 4.30. The average molecular weight is 441 g/mol. The van der Waals surface area contributed by atoms with Crippen LogP contribution in [0.2, 0.25) is 0 Å². The summed E-state index contributed by atoms with van der Waals surface area (Å²) < 4.78 is 10.2. The minimum Gasteiger partial charge on any atom is -0.466 e. The lowest BCUT2D eigenvalue weighted by Crippen LogP contribution is -2.48. The van der Waals surface area contributed by atoms with Gasteiger partial charge in [0.05, 0.1) is 6.61 Å². The van der Waals surface area contributed by atoms with Crippen molar-refractivity contribution in [1.29, 1.82) is 0 Å². The van der Waals surface area contributed by atoms with Gasteiger partial charge in [-0.15, -0.1) is 0 Å². The van der Waals surface area contributed by atoms with Crippen LogP contribution in [0.3, 0.4) is 0 Å². The number of rotatable bonds is 14. The van der Waals surface area contributed by atoms with Crippen LogP contribution in [0.25, 0.3) is 0 Å². The van der Waals surface area contributed by atoms with Gasteiger partial charge in [-0.2, -0.15) is 0 Å². The van der Waals surface area contributed by atoms with Crippen LogP contribution in [-0.2, 0) is 19.1 Å². The van der Waals surface area contributed by atoms with Gasteiger partial charge in [-0.1, -0.05) is 39.7 Å². The highest BCUT2D eigenvalue weighted by Crippen LogP contribution is 2.12. The van der Waals surface area contributed by atoms with E-state index in [1.54, 1.807) is 27.7 Å². The van der Waals surface area contributed by atoms with Gasteiger partial charge in [0.15, 0.2) is 0 Å². The van der Waals surface area contributed by atoms with Gasteiger partial charge in [0.2, 0.25) is 5.91 Å². The lowest BCUT2D eigenvalue weighted by Gasteiger charge is -2.24. The fraction of sp³-hybridized carbons (Fsp3) is 0.792. The first-order valence-electron chi connectivity index (χ1n) is 11.6. The predicted molar refractivity (Wildman–Crippen MR) is 123 cm³/mol. The van der Waals surface area contributed by atoms with Crippen LogP contribution in [-0.4, -0.2) is 36.2 Å². The standard InChI is InChI=1S/C24H44N2O5/c1-8-14-19(15-12-10-11-13-16-21(27)30-9-2)25-22(28)20(17-18(3)4)26-23(29)31-24(5,6)7/h15,18,20H,8-14,16-17H2,1-7H3,(H,25,28)(H,26,29)/b19-15-/t20-/m0/s1. The fourth-order valence-electron chi connectivity index (χ4n) is 2.98. The Balaban J connectivity index is 4.76. The molecular weight excluding hydrogens is 396 g/mol. The second-order valence-electron chi connectivity index (χ2n) is 9.20. The topological polar surface area (TPSA) is 93.7 Å². The fourth-order valence-corrected chi connectivity index (χ4v) is 2.98. The predicted octanol–water partition coefficient (Wildman–Crippen LogP) is 5.24. The summed E-state index contributed by atoms with van der Waals surface area (Å²) in [6.07, 6.45) is 7.60. The minimum atomic E-state index is -0.653. The molecule has 0 rings (SSSR count). The number of ether oxygens (including phenoxy) is 2.